The molecule has 2 heterocycles. The minimum atomic E-state index is -0.591. The molecule has 2 amide bonds. The maximum absolute atomic E-state index is 14.9. The number of piperidine rings is 1. The summed E-state index contributed by atoms with van der Waals surface area (Å²) in [4.78, 5) is 32.4. The van der Waals surface area contributed by atoms with Crippen molar-refractivity contribution in [3.05, 3.63) is 35.4 Å². The molecule has 0 bridgehead atoms. The van der Waals surface area contributed by atoms with Crippen molar-refractivity contribution in [2.75, 3.05) is 33.2 Å². The molecule has 5 nitrogen and oxygen atoms in total. The zero-order chi connectivity index (χ0) is 29.4. The average Bonchev–Trinajstić information content (AvgIpc) is 3.57. The molecule has 7 heteroatoms. The number of amides is 2. The molecule has 4 rings (SSSR count). The maximum atomic E-state index is 14.9. The molecule has 2 saturated heterocycles. The predicted octanol–water partition coefficient (Wildman–Crippen LogP) is 6.47. The number of hydrogen-bond donors (Lipinski definition) is 0. The smallest absolute Gasteiger partial charge is 0.227 e. The van der Waals surface area contributed by atoms with Gasteiger partial charge < -0.3 is 9.80 Å². The van der Waals surface area contributed by atoms with Gasteiger partial charge in [0.2, 0.25) is 11.8 Å². The second kappa shape index (κ2) is 12.1. The molecule has 3 aliphatic rings. The zero-order valence-electron chi connectivity index (χ0n) is 25.8. The molecule has 2 aliphatic heterocycles. The summed E-state index contributed by atoms with van der Waals surface area (Å²) in [5, 5.41) is 0. The quantitative estimate of drug-likeness (QED) is 0.385. The van der Waals surface area contributed by atoms with Crippen LogP contribution < -0.4 is 0 Å². The first-order chi connectivity index (χ1) is 18.7. The molecule has 0 spiro atoms. The second-order valence-corrected chi connectivity index (χ2v) is 14.4. The molecule has 1 aromatic rings. The molecular weight excluding hydrogens is 508 g/mol. The van der Waals surface area contributed by atoms with Crippen LogP contribution in [0.5, 0.6) is 0 Å². The maximum Gasteiger partial charge on any atom is 0.227 e. The van der Waals surface area contributed by atoms with Gasteiger partial charge in [-0.15, -0.1) is 0 Å². The third kappa shape index (κ3) is 6.71. The molecule has 3 atom stereocenters. The third-order valence-corrected chi connectivity index (χ3v) is 10.5. The molecule has 1 aliphatic carbocycles. The number of carbonyl (C=O) groups is 2. The van der Waals surface area contributed by atoms with Gasteiger partial charge >= 0.3 is 0 Å². The number of carbonyl (C=O) groups excluding carboxylic acids is 2. The Balaban J connectivity index is 1.48. The van der Waals surface area contributed by atoms with Gasteiger partial charge in [-0.25, -0.2) is 8.78 Å². The van der Waals surface area contributed by atoms with Crippen molar-refractivity contribution in [2.24, 2.45) is 23.7 Å². The highest BCUT2D eigenvalue weighted by atomic mass is 19.1. The fourth-order valence-electron chi connectivity index (χ4n) is 7.75. The second-order valence-electron chi connectivity index (χ2n) is 14.4. The molecule has 0 N–H and O–H groups in total. The fourth-order valence-corrected chi connectivity index (χ4v) is 7.75. The van der Waals surface area contributed by atoms with E-state index in [-0.39, 0.29) is 34.7 Å². The van der Waals surface area contributed by atoms with E-state index >= 15 is 0 Å². The monoisotopic (exact) mass is 559 g/mol. The van der Waals surface area contributed by atoms with E-state index in [4.69, 9.17) is 0 Å². The Kier molecular flexibility index (Phi) is 9.33. The number of halogens is 2. The van der Waals surface area contributed by atoms with Crippen LogP contribution in [0, 0.1) is 35.3 Å². The summed E-state index contributed by atoms with van der Waals surface area (Å²) >= 11 is 0. The largest absolute Gasteiger partial charge is 0.342 e. The van der Waals surface area contributed by atoms with E-state index in [1.807, 2.05) is 16.8 Å². The van der Waals surface area contributed by atoms with E-state index in [1.54, 1.807) is 6.92 Å². The first-order valence-corrected chi connectivity index (χ1v) is 15.4. The number of likely N-dealkylation sites (tertiary alicyclic amines) is 2. The molecule has 1 saturated carbocycles. The van der Waals surface area contributed by atoms with E-state index in [0.29, 0.717) is 36.4 Å². The molecular formula is C33H51F2N3O2. The molecule has 224 valence electrons. The van der Waals surface area contributed by atoms with Gasteiger partial charge in [0.1, 0.15) is 11.6 Å². The number of nitrogens with zero attached hydrogens (tertiary/aromatic N) is 3. The lowest BCUT2D eigenvalue weighted by Crippen LogP contribution is -2.49. The van der Waals surface area contributed by atoms with E-state index in [0.717, 1.165) is 38.4 Å². The highest BCUT2D eigenvalue weighted by Gasteiger charge is 2.46. The van der Waals surface area contributed by atoms with Gasteiger partial charge in [-0.2, -0.15) is 0 Å². The SMILES string of the molecule is CC(=O)N(C)C(C)(C)CC(C1CCCC1)C1CCN(C(=O)[C@H]2CN(C(C)(C)C)C[C@@H]2c2ccc(F)cc2F)CC1. The van der Waals surface area contributed by atoms with Crippen LogP contribution in [0.1, 0.15) is 98.0 Å². The zero-order valence-corrected chi connectivity index (χ0v) is 25.8. The highest BCUT2D eigenvalue weighted by Crippen LogP contribution is 2.45. The van der Waals surface area contributed by atoms with Crippen molar-refractivity contribution in [3.8, 4) is 0 Å². The van der Waals surface area contributed by atoms with E-state index in [2.05, 4.69) is 39.5 Å². The van der Waals surface area contributed by atoms with Crippen LogP contribution in [0.4, 0.5) is 8.78 Å². The summed E-state index contributed by atoms with van der Waals surface area (Å²) in [6, 6.07) is 3.77. The van der Waals surface area contributed by atoms with Crippen molar-refractivity contribution in [1.82, 2.24) is 14.7 Å². The van der Waals surface area contributed by atoms with Crippen molar-refractivity contribution in [1.29, 1.82) is 0 Å². The first kappa shape index (κ1) is 30.9. The molecule has 0 radical (unpaired) electrons. The van der Waals surface area contributed by atoms with Gasteiger partial charge in [0.15, 0.2) is 0 Å². The summed E-state index contributed by atoms with van der Waals surface area (Å²) in [7, 11) is 1.91. The summed E-state index contributed by atoms with van der Waals surface area (Å²) in [5.41, 5.74) is 0.0867. The van der Waals surface area contributed by atoms with E-state index in [1.165, 1.54) is 37.8 Å². The Hall–Kier alpha value is -2.02. The van der Waals surface area contributed by atoms with E-state index in [9.17, 15) is 18.4 Å². The fraction of sp³-hybridized carbons (Fsp3) is 0.758. The average molecular weight is 560 g/mol. The number of benzene rings is 1. The lowest BCUT2D eigenvalue weighted by Gasteiger charge is -2.44. The van der Waals surface area contributed by atoms with Crippen LogP contribution in [0.3, 0.4) is 0 Å². The van der Waals surface area contributed by atoms with E-state index < -0.39 is 11.6 Å². The summed E-state index contributed by atoms with van der Waals surface area (Å²) in [6.45, 7) is 15.0. The van der Waals surface area contributed by atoms with Crippen LogP contribution in [0.15, 0.2) is 18.2 Å². The van der Waals surface area contributed by atoms with Gasteiger partial charge in [0.25, 0.3) is 0 Å². The predicted molar refractivity (Wildman–Crippen MR) is 156 cm³/mol. The van der Waals surface area contributed by atoms with Crippen LogP contribution in [-0.2, 0) is 9.59 Å². The van der Waals surface area contributed by atoms with Gasteiger partial charge in [0, 0.05) is 63.2 Å². The standard InChI is InChI=1S/C33H51F2N3O2/c1-22(39)36(7)33(5,6)19-27(23-10-8-9-11-23)24-14-16-37(17-15-24)31(40)29-21-38(32(2,3)4)20-28(29)26-13-12-25(34)18-30(26)35/h12-13,18,23-24,27-29H,8-11,14-17,19-21H2,1-7H3/t27?,28-,29+/m1/s1. The first-order valence-electron chi connectivity index (χ1n) is 15.4. The number of rotatable bonds is 7. The molecule has 3 fully saturated rings. The Morgan fingerprint density at radius 3 is 2.12 bits per heavy atom. The van der Waals surface area contributed by atoms with Gasteiger partial charge in [0.05, 0.1) is 5.92 Å². The van der Waals surface area contributed by atoms with Gasteiger partial charge in [-0.05, 0) is 83.3 Å². The Morgan fingerprint density at radius 1 is 0.975 bits per heavy atom. The minimum absolute atomic E-state index is 0.101. The van der Waals surface area contributed by atoms with Crippen molar-refractivity contribution < 1.29 is 18.4 Å². The minimum Gasteiger partial charge on any atom is -0.342 e. The molecule has 0 aromatic heterocycles. The summed E-state index contributed by atoms with van der Waals surface area (Å²) in [5.74, 6) is 0.182. The number of hydrogen-bond acceptors (Lipinski definition) is 3. The molecule has 1 unspecified atom stereocenters. The lowest BCUT2D eigenvalue weighted by molar-refractivity contribution is -0.138. The van der Waals surface area contributed by atoms with Gasteiger partial charge in [-0.1, -0.05) is 31.7 Å². The van der Waals surface area contributed by atoms with Crippen LogP contribution in [0.25, 0.3) is 0 Å². The van der Waals surface area contributed by atoms with Crippen LogP contribution >= 0.6 is 0 Å². The molecule has 1 aromatic carbocycles. The van der Waals surface area contributed by atoms with Gasteiger partial charge in [-0.3, -0.25) is 14.5 Å². The Labute approximate surface area is 240 Å². The normalized spacial score (nSPS) is 24.5. The third-order valence-electron chi connectivity index (χ3n) is 10.5. The van der Waals surface area contributed by atoms with Crippen molar-refractivity contribution >= 4 is 11.8 Å². The summed E-state index contributed by atoms with van der Waals surface area (Å²) < 4.78 is 28.6. The summed E-state index contributed by atoms with van der Waals surface area (Å²) in [6.07, 6.45) is 8.03. The topological polar surface area (TPSA) is 43.9 Å². The van der Waals surface area contributed by atoms with Crippen LogP contribution in [0.2, 0.25) is 0 Å². The Bertz CT molecular complexity index is 1050. The molecule has 40 heavy (non-hydrogen) atoms. The highest BCUT2D eigenvalue weighted by molar-refractivity contribution is 5.81. The van der Waals surface area contributed by atoms with Crippen molar-refractivity contribution in [3.63, 3.8) is 0 Å². The Morgan fingerprint density at radius 2 is 1.57 bits per heavy atom. The van der Waals surface area contributed by atoms with Crippen LogP contribution in [-0.4, -0.2) is 70.8 Å². The lowest BCUT2D eigenvalue weighted by atomic mass is 9.70. The van der Waals surface area contributed by atoms with Crippen molar-refractivity contribution in [2.45, 2.75) is 103 Å².